The third kappa shape index (κ3) is 3.68. The average Bonchev–Trinajstić information content (AvgIpc) is 2.40. The van der Waals surface area contributed by atoms with Crippen LogP contribution in [0.15, 0.2) is 18.2 Å². The smallest absolute Gasteiger partial charge is 0.298 e. The van der Waals surface area contributed by atoms with Crippen molar-refractivity contribution < 1.29 is 13.9 Å². The molecule has 1 aromatic heterocycles. The first-order chi connectivity index (χ1) is 9.19. The van der Waals surface area contributed by atoms with Crippen LogP contribution in [0.3, 0.4) is 0 Å². The molecule has 0 saturated carbocycles. The van der Waals surface area contributed by atoms with Crippen molar-refractivity contribution in [2.45, 2.75) is 25.9 Å². The van der Waals surface area contributed by atoms with E-state index >= 15 is 0 Å². The van der Waals surface area contributed by atoms with Crippen LogP contribution in [0.5, 0.6) is 5.88 Å². The van der Waals surface area contributed by atoms with E-state index in [9.17, 15) is 9.18 Å². The summed E-state index contributed by atoms with van der Waals surface area (Å²) in [5, 5.41) is 0. The lowest BCUT2D eigenvalue weighted by Crippen LogP contribution is -2.41. The number of aromatic nitrogens is 1. The molecule has 1 saturated heterocycles. The topological polar surface area (TPSA) is 42.4 Å². The number of amides is 1. The normalized spacial score (nSPS) is 15.6. The summed E-state index contributed by atoms with van der Waals surface area (Å²) in [6.45, 7) is 2.85. The molecule has 1 amide bonds. The van der Waals surface area contributed by atoms with Crippen molar-refractivity contribution >= 4 is 5.91 Å². The number of piperidine rings is 1. The fourth-order valence-corrected chi connectivity index (χ4v) is 1.99. The number of ether oxygens (including phenoxy) is 1. The van der Waals surface area contributed by atoms with Gasteiger partial charge in [-0.25, -0.2) is 0 Å². The van der Waals surface area contributed by atoms with E-state index in [0.717, 1.165) is 0 Å². The summed E-state index contributed by atoms with van der Waals surface area (Å²) in [6, 6.07) is 4.47. The van der Waals surface area contributed by atoms with Crippen molar-refractivity contribution in [3.05, 3.63) is 24.1 Å². The van der Waals surface area contributed by atoms with E-state index < -0.39 is 5.95 Å². The molecule has 2 heterocycles. The molecule has 0 aliphatic carbocycles. The molecule has 0 aromatic carbocycles. The van der Waals surface area contributed by atoms with Crippen LogP contribution in [-0.2, 0) is 4.79 Å². The van der Waals surface area contributed by atoms with Crippen LogP contribution in [-0.4, -0.2) is 35.0 Å². The van der Waals surface area contributed by atoms with Crippen molar-refractivity contribution in [2.75, 3.05) is 13.1 Å². The maximum absolute atomic E-state index is 12.9. The number of pyridine rings is 1. The SMILES string of the molecule is CC#CC(=O)N1CCC(Oc2cccc(F)n2)CC1. The number of nitrogens with zero attached hydrogens (tertiary/aromatic N) is 2. The van der Waals surface area contributed by atoms with Gasteiger partial charge >= 0.3 is 0 Å². The van der Waals surface area contributed by atoms with Crippen molar-refractivity contribution in [3.63, 3.8) is 0 Å². The highest BCUT2D eigenvalue weighted by atomic mass is 19.1. The number of hydrogen-bond acceptors (Lipinski definition) is 3. The Balaban J connectivity index is 1.86. The molecule has 1 aliphatic rings. The van der Waals surface area contributed by atoms with Crippen molar-refractivity contribution in [1.29, 1.82) is 0 Å². The van der Waals surface area contributed by atoms with Gasteiger partial charge in [0.15, 0.2) is 0 Å². The second-order valence-electron chi connectivity index (χ2n) is 4.28. The molecule has 100 valence electrons. The Morgan fingerprint density at radius 3 is 2.84 bits per heavy atom. The molecule has 19 heavy (non-hydrogen) atoms. The summed E-state index contributed by atoms with van der Waals surface area (Å²) in [6.07, 6.45) is 1.37. The minimum absolute atomic E-state index is 0.0343. The Bertz CT molecular complexity index is 514. The molecule has 0 radical (unpaired) electrons. The number of carbonyl (C=O) groups excluding carboxylic acids is 1. The Labute approximate surface area is 111 Å². The van der Waals surface area contributed by atoms with Gasteiger partial charge in [0.1, 0.15) is 6.10 Å². The molecular formula is C14H15FN2O2. The van der Waals surface area contributed by atoms with Gasteiger partial charge in [-0.3, -0.25) is 4.79 Å². The summed E-state index contributed by atoms with van der Waals surface area (Å²) in [7, 11) is 0. The second-order valence-corrected chi connectivity index (χ2v) is 4.28. The van der Waals surface area contributed by atoms with E-state index in [1.165, 1.54) is 6.07 Å². The predicted octanol–water partition coefficient (Wildman–Crippen LogP) is 1.61. The van der Waals surface area contributed by atoms with Crippen LogP contribution in [0.1, 0.15) is 19.8 Å². The highest BCUT2D eigenvalue weighted by molar-refractivity contribution is 5.93. The van der Waals surface area contributed by atoms with E-state index in [0.29, 0.717) is 25.9 Å². The van der Waals surface area contributed by atoms with Gasteiger partial charge < -0.3 is 9.64 Å². The van der Waals surface area contributed by atoms with Crippen LogP contribution >= 0.6 is 0 Å². The van der Waals surface area contributed by atoms with Gasteiger partial charge in [-0.2, -0.15) is 9.37 Å². The Hall–Kier alpha value is -2.09. The van der Waals surface area contributed by atoms with Gasteiger partial charge in [0, 0.05) is 32.0 Å². The van der Waals surface area contributed by atoms with Gasteiger partial charge in [-0.1, -0.05) is 12.0 Å². The molecule has 2 rings (SSSR count). The van der Waals surface area contributed by atoms with E-state index in [1.807, 2.05) is 0 Å². The lowest BCUT2D eigenvalue weighted by Gasteiger charge is -2.30. The fraction of sp³-hybridized carbons (Fsp3) is 0.429. The number of likely N-dealkylation sites (tertiary alicyclic amines) is 1. The summed E-state index contributed by atoms with van der Waals surface area (Å²) in [5.74, 6) is 4.71. The zero-order valence-electron chi connectivity index (χ0n) is 10.7. The van der Waals surface area contributed by atoms with Crippen LogP contribution in [0.25, 0.3) is 0 Å². The summed E-state index contributed by atoms with van der Waals surface area (Å²) in [4.78, 5) is 16.9. The van der Waals surface area contributed by atoms with E-state index in [1.54, 1.807) is 24.0 Å². The Morgan fingerprint density at radius 2 is 2.21 bits per heavy atom. The minimum atomic E-state index is -0.552. The van der Waals surface area contributed by atoms with Gasteiger partial charge in [0.2, 0.25) is 11.8 Å². The van der Waals surface area contributed by atoms with Crippen LogP contribution < -0.4 is 4.74 Å². The molecule has 0 N–H and O–H groups in total. The molecular weight excluding hydrogens is 247 g/mol. The summed E-state index contributed by atoms with van der Waals surface area (Å²) >= 11 is 0. The number of carbonyl (C=O) groups is 1. The monoisotopic (exact) mass is 262 g/mol. The number of hydrogen-bond donors (Lipinski definition) is 0. The van der Waals surface area contributed by atoms with E-state index in [-0.39, 0.29) is 17.9 Å². The van der Waals surface area contributed by atoms with Crippen molar-refractivity contribution in [3.8, 4) is 17.7 Å². The minimum Gasteiger partial charge on any atom is -0.474 e. The van der Waals surface area contributed by atoms with E-state index in [2.05, 4.69) is 16.8 Å². The summed E-state index contributed by atoms with van der Waals surface area (Å²) in [5.41, 5.74) is 0. The zero-order chi connectivity index (χ0) is 13.7. The average molecular weight is 262 g/mol. The van der Waals surface area contributed by atoms with Crippen LogP contribution in [0, 0.1) is 17.8 Å². The fourth-order valence-electron chi connectivity index (χ4n) is 1.99. The first-order valence-corrected chi connectivity index (χ1v) is 6.20. The largest absolute Gasteiger partial charge is 0.474 e. The maximum atomic E-state index is 12.9. The molecule has 1 aromatic rings. The zero-order valence-corrected chi connectivity index (χ0v) is 10.7. The third-order valence-electron chi connectivity index (χ3n) is 2.94. The molecule has 5 heteroatoms. The maximum Gasteiger partial charge on any atom is 0.298 e. The Kier molecular flexibility index (Phi) is 4.35. The Morgan fingerprint density at radius 1 is 1.47 bits per heavy atom. The van der Waals surface area contributed by atoms with E-state index in [4.69, 9.17) is 4.74 Å². The molecule has 1 fully saturated rings. The molecule has 0 atom stereocenters. The lowest BCUT2D eigenvalue weighted by atomic mass is 10.1. The first kappa shape index (κ1) is 13.3. The molecule has 0 bridgehead atoms. The highest BCUT2D eigenvalue weighted by Crippen LogP contribution is 2.17. The van der Waals surface area contributed by atoms with Gasteiger partial charge in [-0.15, -0.1) is 0 Å². The van der Waals surface area contributed by atoms with Crippen LogP contribution in [0.2, 0.25) is 0 Å². The first-order valence-electron chi connectivity index (χ1n) is 6.20. The lowest BCUT2D eigenvalue weighted by molar-refractivity contribution is -0.126. The molecule has 4 nitrogen and oxygen atoms in total. The molecule has 0 unspecified atom stereocenters. The summed E-state index contributed by atoms with van der Waals surface area (Å²) < 4.78 is 18.5. The van der Waals surface area contributed by atoms with Gasteiger partial charge in [0.25, 0.3) is 5.91 Å². The van der Waals surface area contributed by atoms with Crippen molar-refractivity contribution in [1.82, 2.24) is 9.88 Å². The van der Waals surface area contributed by atoms with Gasteiger partial charge in [0.05, 0.1) is 0 Å². The standard InChI is InChI=1S/C14H15FN2O2/c1-2-4-14(18)17-9-7-11(8-10-17)19-13-6-3-5-12(15)16-13/h3,5-6,11H,7-10H2,1H3. The molecule has 0 spiro atoms. The third-order valence-corrected chi connectivity index (χ3v) is 2.94. The molecule has 1 aliphatic heterocycles. The predicted molar refractivity (Wildman–Crippen MR) is 67.9 cm³/mol. The quantitative estimate of drug-likeness (QED) is 0.600. The van der Waals surface area contributed by atoms with Gasteiger partial charge in [-0.05, 0) is 18.9 Å². The number of halogens is 1. The second kappa shape index (κ2) is 6.19. The van der Waals surface area contributed by atoms with Crippen molar-refractivity contribution in [2.24, 2.45) is 0 Å². The van der Waals surface area contributed by atoms with Crippen LogP contribution in [0.4, 0.5) is 4.39 Å². The number of rotatable bonds is 2. The highest BCUT2D eigenvalue weighted by Gasteiger charge is 2.23.